The van der Waals surface area contributed by atoms with Gasteiger partial charge in [0, 0.05) is 24.2 Å². The molecule has 0 aliphatic carbocycles. The van der Waals surface area contributed by atoms with Crippen LogP contribution >= 0.6 is 11.3 Å². The van der Waals surface area contributed by atoms with E-state index in [2.05, 4.69) is 16.8 Å². The number of aromatic nitrogens is 1. The van der Waals surface area contributed by atoms with E-state index in [-0.39, 0.29) is 0 Å². The standard InChI is InChI=1S/C10H17N3S/c1-8(10-12-4-6-14-10)13-5-2-3-9(11)7-13/h4,6,8-9H,2-3,5,7,11H2,1H3. The largest absolute Gasteiger partial charge is 0.327 e. The van der Waals surface area contributed by atoms with Crippen LogP contribution in [0, 0.1) is 0 Å². The van der Waals surface area contributed by atoms with Gasteiger partial charge in [-0.3, -0.25) is 4.90 Å². The second-order valence-electron chi connectivity index (χ2n) is 3.94. The number of thiazole rings is 1. The topological polar surface area (TPSA) is 42.2 Å². The maximum absolute atomic E-state index is 5.96. The van der Waals surface area contributed by atoms with Gasteiger partial charge in [-0.15, -0.1) is 11.3 Å². The Morgan fingerprint density at radius 3 is 3.21 bits per heavy atom. The molecule has 2 heterocycles. The average Bonchev–Trinajstić information content (AvgIpc) is 2.69. The van der Waals surface area contributed by atoms with E-state index in [1.54, 1.807) is 11.3 Å². The molecule has 0 aromatic carbocycles. The van der Waals surface area contributed by atoms with Gasteiger partial charge in [0.15, 0.2) is 0 Å². The summed E-state index contributed by atoms with van der Waals surface area (Å²) < 4.78 is 0. The van der Waals surface area contributed by atoms with Gasteiger partial charge in [-0.1, -0.05) is 0 Å². The summed E-state index contributed by atoms with van der Waals surface area (Å²) in [5.41, 5.74) is 5.96. The van der Waals surface area contributed by atoms with Crippen molar-refractivity contribution in [1.82, 2.24) is 9.88 Å². The fourth-order valence-corrected chi connectivity index (χ4v) is 2.72. The van der Waals surface area contributed by atoms with Gasteiger partial charge in [-0.05, 0) is 26.3 Å². The van der Waals surface area contributed by atoms with Crippen molar-refractivity contribution in [2.24, 2.45) is 5.73 Å². The van der Waals surface area contributed by atoms with Crippen molar-refractivity contribution in [2.75, 3.05) is 13.1 Å². The quantitative estimate of drug-likeness (QED) is 0.808. The number of nitrogens with zero attached hydrogens (tertiary/aromatic N) is 2. The van der Waals surface area contributed by atoms with E-state index in [1.165, 1.54) is 17.8 Å². The van der Waals surface area contributed by atoms with Crippen molar-refractivity contribution in [1.29, 1.82) is 0 Å². The molecule has 3 nitrogen and oxygen atoms in total. The summed E-state index contributed by atoms with van der Waals surface area (Å²) in [6, 6.07) is 0.785. The molecule has 0 spiro atoms. The van der Waals surface area contributed by atoms with Crippen molar-refractivity contribution in [3.05, 3.63) is 16.6 Å². The van der Waals surface area contributed by atoms with Crippen LogP contribution in [-0.2, 0) is 0 Å². The van der Waals surface area contributed by atoms with E-state index in [4.69, 9.17) is 5.73 Å². The summed E-state index contributed by atoms with van der Waals surface area (Å²) in [4.78, 5) is 6.79. The van der Waals surface area contributed by atoms with Crippen LogP contribution in [0.2, 0.25) is 0 Å². The molecule has 4 heteroatoms. The van der Waals surface area contributed by atoms with Gasteiger partial charge in [0.05, 0.1) is 6.04 Å². The van der Waals surface area contributed by atoms with E-state index in [1.807, 2.05) is 11.6 Å². The number of hydrogen-bond acceptors (Lipinski definition) is 4. The Morgan fingerprint density at radius 2 is 2.57 bits per heavy atom. The minimum Gasteiger partial charge on any atom is -0.327 e. The van der Waals surface area contributed by atoms with E-state index in [9.17, 15) is 0 Å². The lowest BCUT2D eigenvalue weighted by Gasteiger charge is -2.34. The fourth-order valence-electron chi connectivity index (χ4n) is 1.99. The summed E-state index contributed by atoms with van der Waals surface area (Å²) in [6.07, 6.45) is 4.26. The Bertz CT molecular complexity index is 273. The third-order valence-corrected chi connectivity index (χ3v) is 3.79. The molecule has 2 rings (SSSR count). The molecule has 0 saturated carbocycles. The molecule has 0 amide bonds. The van der Waals surface area contributed by atoms with Crippen molar-refractivity contribution < 1.29 is 0 Å². The number of likely N-dealkylation sites (tertiary alicyclic amines) is 1. The van der Waals surface area contributed by atoms with E-state index >= 15 is 0 Å². The second kappa shape index (κ2) is 4.38. The third-order valence-electron chi connectivity index (χ3n) is 2.85. The lowest BCUT2D eigenvalue weighted by atomic mass is 10.1. The second-order valence-corrected chi connectivity index (χ2v) is 4.87. The molecule has 14 heavy (non-hydrogen) atoms. The molecule has 1 saturated heterocycles. The fraction of sp³-hybridized carbons (Fsp3) is 0.700. The first-order valence-electron chi connectivity index (χ1n) is 5.16. The maximum atomic E-state index is 5.96. The maximum Gasteiger partial charge on any atom is 0.109 e. The van der Waals surface area contributed by atoms with Crippen LogP contribution in [0.1, 0.15) is 30.8 Å². The Kier molecular flexibility index (Phi) is 3.15. The highest BCUT2D eigenvalue weighted by Crippen LogP contribution is 2.24. The van der Waals surface area contributed by atoms with Crippen molar-refractivity contribution >= 4 is 11.3 Å². The van der Waals surface area contributed by atoms with Crippen molar-refractivity contribution in [3.8, 4) is 0 Å². The monoisotopic (exact) mass is 211 g/mol. The predicted molar refractivity (Wildman–Crippen MR) is 59.3 cm³/mol. The first-order valence-corrected chi connectivity index (χ1v) is 6.04. The zero-order valence-corrected chi connectivity index (χ0v) is 9.33. The summed E-state index contributed by atoms with van der Waals surface area (Å²) in [5, 5.41) is 3.24. The Balaban J connectivity index is 2.00. The Morgan fingerprint density at radius 1 is 1.71 bits per heavy atom. The Labute approximate surface area is 88.9 Å². The highest BCUT2D eigenvalue weighted by Gasteiger charge is 2.23. The molecular formula is C10H17N3S. The van der Waals surface area contributed by atoms with Crippen molar-refractivity contribution in [3.63, 3.8) is 0 Å². The molecule has 1 aliphatic heterocycles. The molecule has 2 unspecified atom stereocenters. The zero-order chi connectivity index (χ0) is 9.97. The van der Waals surface area contributed by atoms with Crippen LogP contribution < -0.4 is 5.73 Å². The van der Waals surface area contributed by atoms with Gasteiger partial charge in [0.25, 0.3) is 0 Å². The predicted octanol–water partition coefficient (Wildman–Crippen LogP) is 1.63. The normalized spacial score (nSPS) is 26.3. The first-order chi connectivity index (χ1) is 6.77. The lowest BCUT2D eigenvalue weighted by Crippen LogP contribution is -2.43. The average molecular weight is 211 g/mol. The van der Waals surface area contributed by atoms with E-state index in [0.717, 1.165) is 13.1 Å². The highest BCUT2D eigenvalue weighted by atomic mass is 32.1. The summed E-state index contributed by atoms with van der Waals surface area (Å²) in [7, 11) is 0. The van der Waals surface area contributed by atoms with Gasteiger partial charge in [-0.2, -0.15) is 0 Å². The van der Waals surface area contributed by atoms with Gasteiger partial charge >= 0.3 is 0 Å². The molecule has 0 radical (unpaired) electrons. The van der Waals surface area contributed by atoms with Crippen LogP contribution in [0.25, 0.3) is 0 Å². The van der Waals surface area contributed by atoms with E-state index in [0.29, 0.717) is 12.1 Å². The molecule has 2 N–H and O–H groups in total. The number of hydrogen-bond donors (Lipinski definition) is 1. The molecule has 78 valence electrons. The van der Waals surface area contributed by atoms with Crippen molar-refractivity contribution in [2.45, 2.75) is 31.8 Å². The third kappa shape index (κ3) is 2.13. The number of nitrogens with two attached hydrogens (primary N) is 1. The highest BCUT2D eigenvalue weighted by molar-refractivity contribution is 7.09. The lowest BCUT2D eigenvalue weighted by molar-refractivity contribution is 0.159. The van der Waals surface area contributed by atoms with Crippen LogP contribution in [0.5, 0.6) is 0 Å². The van der Waals surface area contributed by atoms with Crippen LogP contribution in [-0.4, -0.2) is 29.0 Å². The molecule has 1 aliphatic rings. The van der Waals surface area contributed by atoms with Crippen LogP contribution in [0.3, 0.4) is 0 Å². The molecule has 1 aromatic heterocycles. The van der Waals surface area contributed by atoms with Gasteiger partial charge in [-0.25, -0.2) is 4.98 Å². The summed E-state index contributed by atoms with van der Waals surface area (Å²) >= 11 is 1.73. The number of piperidine rings is 1. The first kappa shape index (κ1) is 10.1. The SMILES string of the molecule is CC(c1nccs1)N1CCCC(N)C1. The van der Waals surface area contributed by atoms with Gasteiger partial charge in [0.1, 0.15) is 5.01 Å². The summed E-state index contributed by atoms with van der Waals surface area (Å²) in [6.45, 7) is 4.39. The molecule has 1 fully saturated rings. The van der Waals surface area contributed by atoms with Crippen LogP contribution in [0.15, 0.2) is 11.6 Å². The van der Waals surface area contributed by atoms with Crippen LogP contribution in [0.4, 0.5) is 0 Å². The van der Waals surface area contributed by atoms with Gasteiger partial charge in [0.2, 0.25) is 0 Å². The number of rotatable bonds is 2. The smallest absolute Gasteiger partial charge is 0.109 e. The minimum absolute atomic E-state index is 0.353. The Hall–Kier alpha value is -0.450. The summed E-state index contributed by atoms with van der Waals surface area (Å²) in [5.74, 6) is 0. The molecule has 2 atom stereocenters. The minimum atomic E-state index is 0.353. The zero-order valence-electron chi connectivity index (χ0n) is 8.52. The molecule has 0 bridgehead atoms. The molecule has 1 aromatic rings. The van der Waals surface area contributed by atoms with E-state index < -0.39 is 0 Å². The molecular weight excluding hydrogens is 194 g/mol. The van der Waals surface area contributed by atoms with Gasteiger partial charge < -0.3 is 5.73 Å².